The number of aliphatic hydroxyl groups excluding tert-OH is 1. The average Bonchev–Trinajstić information content (AvgIpc) is 2.61. The van der Waals surface area contributed by atoms with Crippen LogP contribution in [0, 0.1) is 5.41 Å². The molecule has 1 aromatic rings. The molecule has 1 N–H and O–H groups in total. The van der Waals surface area contributed by atoms with E-state index in [9.17, 15) is 4.79 Å². The average molecular weight is 227 g/mol. The Morgan fingerprint density at radius 1 is 1.56 bits per heavy atom. The first-order valence-electron chi connectivity index (χ1n) is 5.10. The van der Waals surface area contributed by atoms with Gasteiger partial charge in [0.25, 0.3) is 5.88 Å². The normalized spacial score (nSPS) is 11.5. The van der Waals surface area contributed by atoms with Crippen LogP contribution in [-0.4, -0.2) is 39.1 Å². The van der Waals surface area contributed by atoms with E-state index in [4.69, 9.17) is 9.84 Å². The van der Waals surface area contributed by atoms with E-state index in [1.54, 1.807) is 6.20 Å². The van der Waals surface area contributed by atoms with Crippen molar-refractivity contribution in [2.45, 2.75) is 27.3 Å². The van der Waals surface area contributed by atoms with Crippen molar-refractivity contribution in [1.82, 2.24) is 15.0 Å². The van der Waals surface area contributed by atoms with Crippen LogP contribution in [0.3, 0.4) is 0 Å². The van der Waals surface area contributed by atoms with Gasteiger partial charge in [0.15, 0.2) is 5.78 Å². The molecule has 0 amide bonds. The molecular weight excluding hydrogens is 210 g/mol. The van der Waals surface area contributed by atoms with Gasteiger partial charge in [0.2, 0.25) is 0 Å². The monoisotopic (exact) mass is 227 g/mol. The summed E-state index contributed by atoms with van der Waals surface area (Å²) in [6.07, 6.45) is 1.54. The van der Waals surface area contributed by atoms with Gasteiger partial charge in [-0.1, -0.05) is 31.1 Å². The first-order valence-corrected chi connectivity index (χ1v) is 5.10. The summed E-state index contributed by atoms with van der Waals surface area (Å²) in [6.45, 7) is 5.85. The fourth-order valence-corrected chi connectivity index (χ4v) is 0.959. The molecule has 0 aliphatic rings. The first-order chi connectivity index (χ1) is 7.43. The summed E-state index contributed by atoms with van der Waals surface area (Å²) in [5, 5.41) is 16.0. The lowest BCUT2D eigenvalue weighted by Gasteiger charge is -2.15. The summed E-state index contributed by atoms with van der Waals surface area (Å²) in [5.74, 6) is 0.391. The zero-order valence-corrected chi connectivity index (χ0v) is 9.80. The SMILES string of the molecule is CC(C)(C)C(=O)Cn1cc(OCCO)nn1. The standard InChI is InChI=1S/C10H17N3O3/c1-10(2,3)8(15)6-13-7-9(11-12-13)16-5-4-14/h7,14H,4-6H2,1-3H3. The van der Waals surface area contributed by atoms with Crippen molar-refractivity contribution >= 4 is 5.78 Å². The van der Waals surface area contributed by atoms with Gasteiger partial charge in [-0.2, -0.15) is 0 Å². The fraction of sp³-hybridized carbons (Fsp3) is 0.700. The van der Waals surface area contributed by atoms with Crippen molar-refractivity contribution in [3.05, 3.63) is 6.20 Å². The van der Waals surface area contributed by atoms with Crippen LogP contribution in [0.5, 0.6) is 5.88 Å². The molecule has 0 saturated heterocycles. The van der Waals surface area contributed by atoms with Crippen molar-refractivity contribution in [2.24, 2.45) is 5.41 Å². The predicted octanol–water partition coefficient (Wildman–Crippen LogP) is 0.264. The van der Waals surface area contributed by atoms with Crippen LogP contribution in [0.25, 0.3) is 0 Å². The number of carbonyl (C=O) groups is 1. The van der Waals surface area contributed by atoms with Gasteiger partial charge in [-0.15, -0.1) is 0 Å². The molecule has 0 aliphatic heterocycles. The second kappa shape index (κ2) is 5.07. The Balaban J connectivity index is 2.55. The highest BCUT2D eigenvalue weighted by atomic mass is 16.5. The van der Waals surface area contributed by atoms with E-state index in [1.807, 2.05) is 20.8 Å². The molecule has 0 aliphatic carbocycles. The Morgan fingerprint density at radius 2 is 2.25 bits per heavy atom. The molecule has 6 heteroatoms. The second-order valence-corrected chi connectivity index (χ2v) is 4.50. The summed E-state index contributed by atoms with van der Waals surface area (Å²) < 4.78 is 6.48. The molecule has 1 aromatic heterocycles. The van der Waals surface area contributed by atoms with Crippen LogP contribution in [0.15, 0.2) is 6.20 Å². The topological polar surface area (TPSA) is 77.2 Å². The number of carbonyl (C=O) groups excluding carboxylic acids is 1. The highest BCUT2D eigenvalue weighted by Gasteiger charge is 2.21. The van der Waals surface area contributed by atoms with Crippen molar-refractivity contribution in [1.29, 1.82) is 0 Å². The van der Waals surface area contributed by atoms with Crippen molar-refractivity contribution in [2.75, 3.05) is 13.2 Å². The molecule has 1 rings (SSSR count). The molecule has 0 saturated carbocycles. The number of aromatic nitrogens is 3. The Morgan fingerprint density at radius 3 is 2.81 bits per heavy atom. The number of Topliss-reactive ketones (excluding diaryl/α,β-unsaturated/α-hetero) is 1. The minimum atomic E-state index is -0.391. The summed E-state index contributed by atoms with van der Waals surface area (Å²) in [4.78, 5) is 11.7. The van der Waals surface area contributed by atoms with Crippen LogP contribution in [-0.2, 0) is 11.3 Å². The molecule has 0 fully saturated rings. The minimum absolute atomic E-state index is 0.0751. The molecular formula is C10H17N3O3. The Bertz CT molecular complexity index is 354. The van der Waals surface area contributed by atoms with Crippen LogP contribution >= 0.6 is 0 Å². The number of rotatable bonds is 5. The summed E-state index contributed by atoms with van der Waals surface area (Å²) in [5.41, 5.74) is -0.391. The van der Waals surface area contributed by atoms with Crippen molar-refractivity contribution in [3.8, 4) is 5.88 Å². The second-order valence-electron chi connectivity index (χ2n) is 4.50. The van der Waals surface area contributed by atoms with E-state index < -0.39 is 5.41 Å². The summed E-state index contributed by atoms with van der Waals surface area (Å²) in [7, 11) is 0. The van der Waals surface area contributed by atoms with Crippen LogP contribution in [0.1, 0.15) is 20.8 Å². The van der Waals surface area contributed by atoms with Crippen LogP contribution < -0.4 is 4.74 Å². The van der Waals surface area contributed by atoms with Gasteiger partial charge >= 0.3 is 0 Å². The van der Waals surface area contributed by atoms with Crippen LogP contribution in [0.4, 0.5) is 0 Å². The van der Waals surface area contributed by atoms with E-state index in [0.29, 0.717) is 5.88 Å². The maximum atomic E-state index is 11.7. The lowest BCUT2D eigenvalue weighted by Crippen LogP contribution is -2.25. The largest absolute Gasteiger partial charge is 0.473 e. The van der Waals surface area contributed by atoms with E-state index in [0.717, 1.165) is 0 Å². The van der Waals surface area contributed by atoms with E-state index in [-0.39, 0.29) is 25.5 Å². The molecule has 1 heterocycles. The molecule has 0 aromatic carbocycles. The number of ketones is 1. The van der Waals surface area contributed by atoms with Crippen molar-refractivity contribution < 1.29 is 14.6 Å². The Hall–Kier alpha value is -1.43. The Labute approximate surface area is 94.2 Å². The van der Waals surface area contributed by atoms with Gasteiger partial charge in [-0.05, 0) is 0 Å². The lowest BCUT2D eigenvalue weighted by atomic mass is 9.91. The zero-order valence-electron chi connectivity index (χ0n) is 9.80. The predicted molar refractivity (Wildman–Crippen MR) is 57.1 cm³/mol. The van der Waals surface area contributed by atoms with E-state index >= 15 is 0 Å². The highest BCUT2D eigenvalue weighted by Crippen LogP contribution is 2.15. The molecule has 0 bridgehead atoms. The minimum Gasteiger partial charge on any atom is -0.473 e. The van der Waals surface area contributed by atoms with Gasteiger partial charge < -0.3 is 9.84 Å². The third-order valence-corrected chi connectivity index (χ3v) is 2.00. The molecule has 16 heavy (non-hydrogen) atoms. The third-order valence-electron chi connectivity index (χ3n) is 2.00. The van der Waals surface area contributed by atoms with E-state index in [2.05, 4.69) is 10.3 Å². The summed E-state index contributed by atoms with van der Waals surface area (Å²) >= 11 is 0. The lowest BCUT2D eigenvalue weighted by molar-refractivity contribution is -0.127. The number of hydrogen-bond acceptors (Lipinski definition) is 5. The van der Waals surface area contributed by atoms with Gasteiger partial charge in [0, 0.05) is 5.41 Å². The van der Waals surface area contributed by atoms with Crippen molar-refractivity contribution in [3.63, 3.8) is 0 Å². The molecule has 0 unspecified atom stereocenters. The molecule has 0 radical (unpaired) electrons. The maximum Gasteiger partial charge on any atom is 0.253 e. The number of hydrogen-bond donors (Lipinski definition) is 1. The highest BCUT2D eigenvalue weighted by molar-refractivity contribution is 5.83. The maximum absolute atomic E-state index is 11.7. The first kappa shape index (κ1) is 12.6. The molecule has 0 atom stereocenters. The molecule has 0 spiro atoms. The molecule has 6 nitrogen and oxygen atoms in total. The van der Waals surface area contributed by atoms with Gasteiger partial charge in [0.05, 0.1) is 12.8 Å². The van der Waals surface area contributed by atoms with E-state index in [1.165, 1.54) is 4.68 Å². The van der Waals surface area contributed by atoms with Gasteiger partial charge in [-0.25, -0.2) is 4.68 Å². The van der Waals surface area contributed by atoms with Gasteiger partial charge in [-0.3, -0.25) is 4.79 Å². The zero-order chi connectivity index (χ0) is 12.2. The quantitative estimate of drug-likeness (QED) is 0.781. The van der Waals surface area contributed by atoms with Crippen LogP contribution in [0.2, 0.25) is 0 Å². The fourth-order valence-electron chi connectivity index (χ4n) is 0.959. The van der Waals surface area contributed by atoms with Gasteiger partial charge in [0.1, 0.15) is 13.2 Å². The number of ether oxygens (including phenoxy) is 1. The Kier molecular flexibility index (Phi) is 4.00. The molecule has 90 valence electrons. The number of nitrogens with zero attached hydrogens (tertiary/aromatic N) is 3. The smallest absolute Gasteiger partial charge is 0.253 e. The number of aliphatic hydroxyl groups is 1. The third kappa shape index (κ3) is 3.62. The summed E-state index contributed by atoms with van der Waals surface area (Å²) in [6, 6.07) is 0.